The normalized spacial score (nSPS) is 13.3. The van der Waals surface area contributed by atoms with E-state index >= 15 is 0 Å². The summed E-state index contributed by atoms with van der Waals surface area (Å²) in [5.41, 5.74) is 4.80. The molecule has 0 N–H and O–H groups in total. The number of carbonyl (C=O) groups is 1. The van der Waals surface area contributed by atoms with Crippen LogP contribution in [0.4, 0.5) is 0 Å². The van der Waals surface area contributed by atoms with Crippen molar-refractivity contribution in [1.29, 1.82) is 0 Å². The number of allylic oxidation sites excluding steroid dienone is 4. The first-order chi connectivity index (χ1) is 12.4. The third kappa shape index (κ3) is 9.38. The van der Waals surface area contributed by atoms with Crippen molar-refractivity contribution in [1.82, 2.24) is 0 Å². The van der Waals surface area contributed by atoms with Gasteiger partial charge < -0.3 is 9.47 Å². The van der Waals surface area contributed by atoms with E-state index in [1.165, 1.54) is 11.1 Å². The van der Waals surface area contributed by atoms with Crippen molar-refractivity contribution in [3.63, 3.8) is 0 Å². The van der Waals surface area contributed by atoms with E-state index < -0.39 is 0 Å². The number of ether oxygens (including phenoxy) is 2. The van der Waals surface area contributed by atoms with Gasteiger partial charge in [0.05, 0.1) is 19.8 Å². The molecule has 0 aliphatic carbocycles. The summed E-state index contributed by atoms with van der Waals surface area (Å²) in [6.45, 7) is 8.89. The van der Waals surface area contributed by atoms with Crippen LogP contribution in [-0.2, 0) is 16.1 Å². The summed E-state index contributed by atoms with van der Waals surface area (Å²) in [5, 5.41) is 0. The molecular formula is C23H32O3. The molecule has 0 heterocycles. The van der Waals surface area contributed by atoms with Crippen LogP contribution < -0.4 is 4.74 Å². The topological polar surface area (TPSA) is 35.5 Å². The van der Waals surface area contributed by atoms with Crippen LogP contribution >= 0.6 is 0 Å². The van der Waals surface area contributed by atoms with Gasteiger partial charge in [-0.15, -0.1) is 0 Å². The Morgan fingerprint density at radius 3 is 2.35 bits per heavy atom. The molecule has 0 aliphatic rings. The van der Waals surface area contributed by atoms with Gasteiger partial charge in [-0.25, -0.2) is 0 Å². The smallest absolute Gasteiger partial charge is 0.142 e. The third-order valence-electron chi connectivity index (χ3n) is 4.05. The molecule has 0 bridgehead atoms. The number of carbonyl (C=O) groups excluding carboxylic acids is 1. The van der Waals surface area contributed by atoms with Crippen LogP contribution in [0.25, 0.3) is 0 Å². The Morgan fingerprint density at radius 1 is 1.08 bits per heavy atom. The molecule has 3 heteroatoms. The van der Waals surface area contributed by atoms with Crippen LogP contribution in [0.5, 0.6) is 5.75 Å². The van der Waals surface area contributed by atoms with Crippen molar-refractivity contribution >= 4 is 6.29 Å². The number of hydrogen-bond donors (Lipinski definition) is 0. The van der Waals surface area contributed by atoms with Crippen molar-refractivity contribution in [3.8, 4) is 5.75 Å². The standard InChI is InChI=1S/C23H32O3/c1-18(2)15-23(16-20(4)8-6-7-19(3)13-14-24)26-17-21-9-11-22(25-5)12-10-21/h8-15,23H,6-7,16-17H2,1-5H3/b19-13+,20-8-. The highest BCUT2D eigenvalue weighted by atomic mass is 16.5. The highest BCUT2D eigenvalue weighted by Gasteiger charge is 2.08. The fraction of sp³-hybridized carbons (Fsp3) is 0.435. The summed E-state index contributed by atoms with van der Waals surface area (Å²) in [6, 6.07) is 7.97. The van der Waals surface area contributed by atoms with Gasteiger partial charge in [-0.3, -0.25) is 4.79 Å². The van der Waals surface area contributed by atoms with E-state index in [1.807, 2.05) is 31.2 Å². The van der Waals surface area contributed by atoms with E-state index in [0.717, 1.165) is 42.4 Å². The highest BCUT2D eigenvalue weighted by Crippen LogP contribution is 2.17. The van der Waals surface area contributed by atoms with Crippen LogP contribution in [0.1, 0.15) is 52.5 Å². The van der Waals surface area contributed by atoms with Crippen LogP contribution in [0, 0.1) is 0 Å². The maximum atomic E-state index is 10.5. The van der Waals surface area contributed by atoms with Crippen LogP contribution in [0.2, 0.25) is 0 Å². The van der Waals surface area contributed by atoms with Crippen LogP contribution in [0.15, 0.2) is 59.2 Å². The molecule has 1 rings (SSSR count). The van der Waals surface area contributed by atoms with Gasteiger partial charge in [0.15, 0.2) is 0 Å². The number of hydrogen-bond acceptors (Lipinski definition) is 3. The molecule has 0 spiro atoms. The first-order valence-electron chi connectivity index (χ1n) is 9.10. The summed E-state index contributed by atoms with van der Waals surface area (Å²) < 4.78 is 11.3. The second kappa shape index (κ2) is 12.3. The minimum absolute atomic E-state index is 0.0602. The van der Waals surface area contributed by atoms with Gasteiger partial charge in [0.2, 0.25) is 0 Å². The highest BCUT2D eigenvalue weighted by molar-refractivity contribution is 5.65. The zero-order chi connectivity index (χ0) is 19.4. The van der Waals surface area contributed by atoms with E-state index in [0.29, 0.717) is 6.61 Å². The van der Waals surface area contributed by atoms with Gasteiger partial charge in [0, 0.05) is 0 Å². The zero-order valence-corrected chi connectivity index (χ0v) is 16.7. The predicted octanol–water partition coefficient (Wildman–Crippen LogP) is 5.81. The van der Waals surface area contributed by atoms with Crippen molar-refractivity contribution < 1.29 is 14.3 Å². The average molecular weight is 357 g/mol. The minimum Gasteiger partial charge on any atom is -0.497 e. The number of benzene rings is 1. The van der Waals surface area contributed by atoms with E-state index in [4.69, 9.17) is 9.47 Å². The maximum Gasteiger partial charge on any atom is 0.142 e. The largest absolute Gasteiger partial charge is 0.497 e. The van der Waals surface area contributed by atoms with Gasteiger partial charge in [-0.1, -0.05) is 41.0 Å². The van der Waals surface area contributed by atoms with E-state index in [9.17, 15) is 4.79 Å². The minimum atomic E-state index is 0.0602. The molecular weight excluding hydrogens is 324 g/mol. The molecule has 1 atom stereocenters. The van der Waals surface area contributed by atoms with E-state index in [1.54, 1.807) is 13.2 Å². The lowest BCUT2D eigenvalue weighted by molar-refractivity contribution is -0.104. The number of methoxy groups -OCH3 is 1. The molecule has 0 aromatic heterocycles. The molecule has 1 aromatic rings. The second-order valence-corrected chi connectivity index (χ2v) is 6.88. The van der Waals surface area contributed by atoms with Gasteiger partial charge in [0.1, 0.15) is 12.0 Å². The number of aldehydes is 1. The Hall–Kier alpha value is -2.13. The van der Waals surface area contributed by atoms with Crippen molar-refractivity contribution in [2.24, 2.45) is 0 Å². The molecule has 0 fully saturated rings. The third-order valence-corrected chi connectivity index (χ3v) is 4.05. The fourth-order valence-electron chi connectivity index (χ4n) is 2.61. The van der Waals surface area contributed by atoms with Crippen molar-refractivity contribution in [2.45, 2.75) is 59.7 Å². The van der Waals surface area contributed by atoms with Crippen LogP contribution in [-0.4, -0.2) is 19.5 Å². The van der Waals surface area contributed by atoms with Crippen molar-refractivity contribution in [2.75, 3.05) is 7.11 Å². The quantitative estimate of drug-likeness (QED) is 0.285. The van der Waals surface area contributed by atoms with Crippen LogP contribution in [0.3, 0.4) is 0 Å². The lowest BCUT2D eigenvalue weighted by Crippen LogP contribution is -2.11. The Balaban J connectivity index is 2.60. The van der Waals surface area contributed by atoms with E-state index in [2.05, 4.69) is 32.9 Å². The monoisotopic (exact) mass is 356 g/mol. The molecule has 0 amide bonds. The number of rotatable bonds is 11. The SMILES string of the molecule is COc1ccc(COC(C=C(C)C)C/C(C)=C\CC/C(C)=C/C=O)cc1. The van der Waals surface area contributed by atoms with Gasteiger partial charge in [-0.2, -0.15) is 0 Å². The summed E-state index contributed by atoms with van der Waals surface area (Å²) in [5.74, 6) is 0.854. The summed E-state index contributed by atoms with van der Waals surface area (Å²) in [4.78, 5) is 10.5. The lowest BCUT2D eigenvalue weighted by atomic mass is 10.0. The first-order valence-corrected chi connectivity index (χ1v) is 9.10. The molecule has 0 aliphatic heterocycles. The molecule has 1 unspecified atom stereocenters. The van der Waals surface area contributed by atoms with Gasteiger partial charge in [-0.05, 0) is 70.7 Å². The zero-order valence-electron chi connectivity index (χ0n) is 16.7. The predicted molar refractivity (Wildman–Crippen MR) is 108 cm³/mol. The first kappa shape index (κ1) is 21.9. The summed E-state index contributed by atoms with van der Waals surface area (Å²) in [6.07, 6.45) is 9.69. The van der Waals surface area contributed by atoms with Gasteiger partial charge in [0.25, 0.3) is 0 Å². The average Bonchev–Trinajstić information content (AvgIpc) is 2.60. The summed E-state index contributed by atoms with van der Waals surface area (Å²) in [7, 11) is 1.67. The molecule has 142 valence electrons. The molecule has 0 radical (unpaired) electrons. The second-order valence-electron chi connectivity index (χ2n) is 6.88. The molecule has 0 saturated carbocycles. The fourth-order valence-corrected chi connectivity index (χ4v) is 2.61. The maximum absolute atomic E-state index is 10.5. The Labute approximate surface area is 158 Å². The Bertz CT molecular complexity index is 632. The lowest BCUT2D eigenvalue weighted by Gasteiger charge is -2.16. The molecule has 26 heavy (non-hydrogen) atoms. The molecule has 0 saturated heterocycles. The van der Waals surface area contributed by atoms with Crippen molar-refractivity contribution in [3.05, 3.63) is 64.8 Å². The Morgan fingerprint density at radius 2 is 1.77 bits per heavy atom. The molecule has 1 aromatic carbocycles. The summed E-state index contributed by atoms with van der Waals surface area (Å²) >= 11 is 0. The molecule has 3 nitrogen and oxygen atoms in total. The van der Waals surface area contributed by atoms with E-state index in [-0.39, 0.29) is 6.10 Å². The van der Waals surface area contributed by atoms with Gasteiger partial charge >= 0.3 is 0 Å². The Kier molecular flexibility index (Phi) is 10.3.